The highest BCUT2D eigenvalue weighted by atomic mass is 19.3. The average molecular weight is 289 g/mol. The lowest BCUT2D eigenvalue weighted by Gasteiger charge is -2.14. The van der Waals surface area contributed by atoms with Crippen molar-refractivity contribution in [3.8, 4) is 11.5 Å². The predicted molar refractivity (Wildman–Crippen MR) is 64.2 cm³/mol. The quantitative estimate of drug-likeness (QED) is 0.732. The van der Waals surface area contributed by atoms with E-state index in [9.17, 15) is 23.5 Å². The third kappa shape index (κ3) is 4.08. The molecule has 0 fully saturated rings. The minimum absolute atomic E-state index is 0.258. The van der Waals surface area contributed by atoms with Gasteiger partial charge in [-0.25, -0.2) is 13.6 Å². The van der Waals surface area contributed by atoms with Gasteiger partial charge in [0.15, 0.2) is 0 Å². The number of carboxylic acids is 1. The van der Waals surface area contributed by atoms with Gasteiger partial charge in [-0.05, 0) is 18.2 Å². The molecule has 0 aromatic heterocycles. The number of phenols is 1. The molecule has 8 heteroatoms. The monoisotopic (exact) mass is 289 g/mol. The van der Waals surface area contributed by atoms with Gasteiger partial charge in [0.2, 0.25) is 6.43 Å². The Morgan fingerprint density at radius 2 is 2.05 bits per heavy atom. The van der Waals surface area contributed by atoms with Crippen molar-refractivity contribution in [3.05, 3.63) is 23.8 Å². The molecule has 0 radical (unpaired) electrons. The van der Waals surface area contributed by atoms with E-state index in [1.54, 1.807) is 0 Å². The molecule has 1 unspecified atom stereocenters. The van der Waals surface area contributed by atoms with Crippen LogP contribution in [-0.4, -0.2) is 41.7 Å². The number of halogens is 2. The fourth-order valence-electron chi connectivity index (χ4n) is 1.46. The minimum Gasteiger partial charge on any atom is -0.507 e. The number of carbonyl (C=O) groups is 2. The number of phenolic OH excluding ortho intramolecular Hbond substituents is 1. The number of nitrogens with one attached hydrogen (secondary N) is 1. The Morgan fingerprint density at radius 3 is 2.55 bits per heavy atom. The minimum atomic E-state index is -2.88. The predicted octanol–water partition coefficient (Wildman–Crippen LogP) is 1.24. The first kappa shape index (κ1) is 15.7. The summed E-state index contributed by atoms with van der Waals surface area (Å²) < 4.78 is 29.3. The maximum atomic E-state index is 12.2. The summed E-state index contributed by atoms with van der Waals surface area (Å²) in [6.45, 7) is 0. The highest BCUT2D eigenvalue weighted by Gasteiger charge is 2.25. The molecule has 6 nitrogen and oxygen atoms in total. The SMILES string of the molecule is COc1ccc(O)c(C(=O)NC(CC(F)F)C(=O)O)c1. The topological polar surface area (TPSA) is 95.9 Å². The summed E-state index contributed by atoms with van der Waals surface area (Å²) in [7, 11) is 1.34. The molecule has 1 amide bonds. The molecule has 0 spiro atoms. The van der Waals surface area contributed by atoms with Crippen LogP contribution in [0.15, 0.2) is 18.2 Å². The summed E-state index contributed by atoms with van der Waals surface area (Å²) in [5.74, 6) is -2.71. The molecule has 1 aromatic carbocycles. The second-order valence-corrected chi connectivity index (χ2v) is 3.87. The van der Waals surface area contributed by atoms with E-state index < -0.39 is 36.5 Å². The first-order valence-corrected chi connectivity index (χ1v) is 5.54. The average Bonchev–Trinajstić information content (AvgIpc) is 2.37. The van der Waals surface area contributed by atoms with E-state index in [0.29, 0.717) is 0 Å². The second kappa shape index (κ2) is 6.69. The largest absolute Gasteiger partial charge is 0.507 e. The van der Waals surface area contributed by atoms with Crippen LogP contribution in [0.4, 0.5) is 8.78 Å². The third-order valence-corrected chi connectivity index (χ3v) is 2.47. The van der Waals surface area contributed by atoms with Crippen molar-refractivity contribution in [3.63, 3.8) is 0 Å². The van der Waals surface area contributed by atoms with Crippen LogP contribution in [0.5, 0.6) is 11.5 Å². The number of aromatic hydroxyl groups is 1. The molecule has 1 aromatic rings. The van der Waals surface area contributed by atoms with Gasteiger partial charge in [-0.3, -0.25) is 4.79 Å². The highest BCUT2D eigenvalue weighted by molar-refractivity contribution is 5.99. The van der Waals surface area contributed by atoms with Gasteiger partial charge in [0.1, 0.15) is 17.5 Å². The van der Waals surface area contributed by atoms with Gasteiger partial charge in [-0.1, -0.05) is 0 Å². The third-order valence-electron chi connectivity index (χ3n) is 2.47. The van der Waals surface area contributed by atoms with E-state index in [-0.39, 0.29) is 11.3 Å². The van der Waals surface area contributed by atoms with Crippen LogP contribution in [0.1, 0.15) is 16.8 Å². The number of hydrogen-bond donors (Lipinski definition) is 3. The van der Waals surface area contributed by atoms with Gasteiger partial charge in [0, 0.05) is 6.42 Å². The molecule has 20 heavy (non-hydrogen) atoms. The van der Waals surface area contributed by atoms with Crippen molar-refractivity contribution in [1.29, 1.82) is 0 Å². The summed E-state index contributed by atoms with van der Waals surface area (Å²) in [6.07, 6.45) is -3.90. The molecule has 0 aliphatic heterocycles. The van der Waals surface area contributed by atoms with E-state index in [0.717, 1.165) is 0 Å². The summed E-state index contributed by atoms with van der Waals surface area (Å²) in [5, 5.41) is 20.2. The molecular weight excluding hydrogens is 276 g/mol. The first-order valence-electron chi connectivity index (χ1n) is 5.54. The Kier molecular flexibility index (Phi) is 5.24. The van der Waals surface area contributed by atoms with Crippen molar-refractivity contribution >= 4 is 11.9 Å². The van der Waals surface area contributed by atoms with Crippen LogP contribution in [0.25, 0.3) is 0 Å². The zero-order valence-corrected chi connectivity index (χ0v) is 10.5. The van der Waals surface area contributed by atoms with Gasteiger partial charge in [-0.15, -0.1) is 0 Å². The summed E-state index contributed by atoms with van der Waals surface area (Å²) in [6, 6.07) is 2.00. The fourth-order valence-corrected chi connectivity index (χ4v) is 1.46. The van der Waals surface area contributed by atoms with Gasteiger partial charge in [0.25, 0.3) is 5.91 Å². The van der Waals surface area contributed by atoms with Crippen molar-refractivity contribution < 1.29 is 33.3 Å². The van der Waals surface area contributed by atoms with Gasteiger partial charge < -0.3 is 20.3 Å². The van der Waals surface area contributed by atoms with E-state index in [4.69, 9.17) is 9.84 Å². The molecule has 0 saturated heterocycles. The van der Waals surface area contributed by atoms with Crippen LogP contribution in [0.2, 0.25) is 0 Å². The van der Waals surface area contributed by atoms with Crippen LogP contribution in [-0.2, 0) is 4.79 Å². The number of carboxylic acid groups (broad SMARTS) is 1. The van der Waals surface area contributed by atoms with Gasteiger partial charge in [0.05, 0.1) is 12.7 Å². The number of methoxy groups -OCH3 is 1. The van der Waals surface area contributed by atoms with E-state index in [1.807, 2.05) is 5.32 Å². The number of rotatable bonds is 6. The van der Waals surface area contributed by atoms with Crippen molar-refractivity contribution in [2.24, 2.45) is 0 Å². The Morgan fingerprint density at radius 1 is 1.40 bits per heavy atom. The molecular formula is C12H13F2NO5. The van der Waals surface area contributed by atoms with Gasteiger partial charge >= 0.3 is 5.97 Å². The number of ether oxygens (including phenoxy) is 1. The van der Waals surface area contributed by atoms with Crippen molar-refractivity contribution in [1.82, 2.24) is 5.32 Å². The molecule has 1 atom stereocenters. The lowest BCUT2D eigenvalue weighted by atomic mass is 10.1. The smallest absolute Gasteiger partial charge is 0.326 e. The van der Waals surface area contributed by atoms with E-state index >= 15 is 0 Å². The molecule has 3 N–H and O–H groups in total. The molecule has 0 saturated carbocycles. The standard InChI is InChI=1S/C12H13F2NO5/c1-20-6-2-3-9(16)7(4-6)11(17)15-8(12(18)19)5-10(13)14/h2-4,8,10,16H,5H2,1H3,(H,15,17)(H,18,19). The Balaban J connectivity index is 2.91. The van der Waals surface area contributed by atoms with Crippen LogP contribution < -0.4 is 10.1 Å². The van der Waals surface area contributed by atoms with Crippen LogP contribution in [0, 0.1) is 0 Å². The molecule has 0 aliphatic carbocycles. The number of hydrogen-bond acceptors (Lipinski definition) is 4. The lowest BCUT2D eigenvalue weighted by molar-refractivity contribution is -0.140. The number of amides is 1. The second-order valence-electron chi connectivity index (χ2n) is 3.87. The highest BCUT2D eigenvalue weighted by Crippen LogP contribution is 2.23. The van der Waals surface area contributed by atoms with Crippen molar-refractivity contribution in [2.45, 2.75) is 18.9 Å². The van der Waals surface area contributed by atoms with Crippen LogP contribution in [0.3, 0.4) is 0 Å². The number of carbonyl (C=O) groups excluding carboxylic acids is 1. The number of alkyl halides is 2. The number of aliphatic carboxylic acids is 1. The summed E-state index contributed by atoms with van der Waals surface area (Å²) >= 11 is 0. The van der Waals surface area contributed by atoms with E-state index in [1.165, 1.54) is 25.3 Å². The Hall–Kier alpha value is -2.38. The normalized spacial score (nSPS) is 12.0. The molecule has 0 heterocycles. The summed E-state index contributed by atoms with van der Waals surface area (Å²) in [5.41, 5.74) is -0.259. The molecule has 110 valence electrons. The fraction of sp³-hybridized carbons (Fsp3) is 0.333. The Bertz CT molecular complexity index is 507. The maximum absolute atomic E-state index is 12.2. The maximum Gasteiger partial charge on any atom is 0.326 e. The molecule has 0 bridgehead atoms. The number of benzene rings is 1. The zero-order valence-electron chi connectivity index (χ0n) is 10.5. The molecule has 0 aliphatic rings. The first-order chi connectivity index (χ1) is 9.35. The van der Waals surface area contributed by atoms with Crippen molar-refractivity contribution in [2.75, 3.05) is 7.11 Å². The zero-order chi connectivity index (χ0) is 15.3. The van der Waals surface area contributed by atoms with Crippen LogP contribution >= 0.6 is 0 Å². The van der Waals surface area contributed by atoms with E-state index in [2.05, 4.69) is 0 Å². The molecule has 1 rings (SSSR count). The summed E-state index contributed by atoms with van der Waals surface area (Å²) in [4.78, 5) is 22.6. The lowest BCUT2D eigenvalue weighted by Crippen LogP contribution is -2.42. The Labute approximate surface area is 113 Å². The van der Waals surface area contributed by atoms with Gasteiger partial charge in [-0.2, -0.15) is 0 Å².